The van der Waals surface area contributed by atoms with Crippen molar-refractivity contribution in [3.05, 3.63) is 29.1 Å². The molecule has 31 heavy (non-hydrogen) atoms. The summed E-state index contributed by atoms with van der Waals surface area (Å²) in [5.74, 6) is -49.0. The summed E-state index contributed by atoms with van der Waals surface area (Å²) in [6.45, 7) is 0. The molecule has 0 amide bonds. The summed E-state index contributed by atoms with van der Waals surface area (Å²) in [6, 6.07) is -7.31. The Balaban J connectivity index is 3.63. The van der Waals surface area contributed by atoms with Crippen LogP contribution in [0.25, 0.3) is 0 Å². The summed E-state index contributed by atoms with van der Waals surface area (Å²) >= 11 is 0. The number of benzene rings is 1. The summed E-state index contributed by atoms with van der Waals surface area (Å²) < 4.78 is 232. The summed E-state index contributed by atoms with van der Waals surface area (Å²) in [7, 11) is 0. The topological polar surface area (TPSA) is 12.0 Å². The number of alkyl halides is 13. The van der Waals surface area contributed by atoms with Gasteiger partial charge in [-0.25, -0.2) is 22.0 Å². The van der Waals surface area contributed by atoms with Crippen molar-refractivity contribution in [3.63, 3.8) is 0 Å². The molecule has 0 aliphatic carbocycles. The molecule has 0 aromatic heterocycles. The number of halogens is 18. The van der Waals surface area contributed by atoms with Crippen LogP contribution >= 0.6 is 0 Å². The van der Waals surface area contributed by atoms with Crippen molar-refractivity contribution in [1.82, 2.24) is 0 Å². The fourth-order valence-electron chi connectivity index (χ4n) is 1.72. The van der Waals surface area contributed by atoms with Crippen molar-refractivity contribution < 1.29 is 79.0 Å². The zero-order valence-corrected chi connectivity index (χ0v) is 13.3. The second-order valence-corrected chi connectivity index (χ2v) is 5.44. The van der Waals surface area contributed by atoms with E-state index in [9.17, 15) is 79.0 Å². The molecular weight excluding hydrogens is 500 g/mol. The van der Waals surface area contributed by atoms with E-state index in [1.807, 2.05) is 0 Å². The van der Waals surface area contributed by atoms with Crippen molar-refractivity contribution in [2.75, 3.05) is 5.32 Å². The van der Waals surface area contributed by atoms with Gasteiger partial charge in [-0.05, 0) is 0 Å². The SMILES string of the molecule is Fc1c(F)c(F)c(NC(F)(F)C(F)(F)C(F)(F)C(F)(F)C(F)(F)C(F)(F)F)c(F)c1F. The van der Waals surface area contributed by atoms with Crippen LogP contribution in [0.4, 0.5) is 84.7 Å². The molecule has 0 radical (unpaired) electrons. The van der Waals surface area contributed by atoms with Crippen molar-refractivity contribution in [1.29, 1.82) is 0 Å². The van der Waals surface area contributed by atoms with E-state index in [1.54, 1.807) is 0 Å². The van der Waals surface area contributed by atoms with Crippen LogP contribution in [0.3, 0.4) is 0 Å². The Labute approximate surface area is 156 Å². The highest BCUT2D eigenvalue weighted by molar-refractivity contribution is 5.49. The van der Waals surface area contributed by atoms with Gasteiger partial charge in [-0.15, -0.1) is 0 Å². The van der Waals surface area contributed by atoms with E-state index in [0.717, 1.165) is 0 Å². The second-order valence-electron chi connectivity index (χ2n) is 5.44. The molecule has 19 heteroatoms. The molecule has 0 saturated carbocycles. The average Bonchev–Trinajstić information content (AvgIpc) is 2.60. The maximum Gasteiger partial charge on any atom is 0.460 e. The number of nitrogens with one attached hydrogen (secondary N) is 1. The second kappa shape index (κ2) is 7.14. The van der Waals surface area contributed by atoms with Gasteiger partial charge in [-0.1, -0.05) is 0 Å². The Morgan fingerprint density at radius 3 is 1.00 bits per heavy atom. The molecule has 1 aromatic rings. The van der Waals surface area contributed by atoms with E-state index in [-0.39, 0.29) is 0 Å². The standard InChI is InChI=1S/C12HF18N/c13-1-2(14)4(16)6(5(17)3(1)15)31-12(29,30)10(24,25)8(20,21)7(18,19)9(22,23)11(26,27)28/h31H. The van der Waals surface area contributed by atoms with E-state index in [2.05, 4.69) is 0 Å². The molecule has 0 aliphatic heterocycles. The van der Waals surface area contributed by atoms with Gasteiger partial charge < -0.3 is 5.32 Å². The Morgan fingerprint density at radius 2 is 0.677 bits per heavy atom. The highest BCUT2D eigenvalue weighted by atomic mass is 19.4. The van der Waals surface area contributed by atoms with Crippen LogP contribution < -0.4 is 5.32 Å². The van der Waals surface area contributed by atoms with E-state index < -0.39 is 76.0 Å². The molecule has 0 fully saturated rings. The van der Waals surface area contributed by atoms with Crippen LogP contribution in [0.5, 0.6) is 0 Å². The zero-order valence-electron chi connectivity index (χ0n) is 13.3. The van der Waals surface area contributed by atoms with E-state index in [4.69, 9.17) is 0 Å². The van der Waals surface area contributed by atoms with Crippen molar-refractivity contribution in [3.8, 4) is 0 Å². The minimum atomic E-state index is -8.33. The Morgan fingerprint density at radius 1 is 0.387 bits per heavy atom. The van der Waals surface area contributed by atoms with E-state index in [1.165, 1.54) is 0 Å². The molecule has 0 aliphatic rings. The van der Waals surface area contributed by atoms with Crippen molar-refractivity contribution in [2.24, 2.45) is 0 Å². The van der Waals surface area contributed by atoms with Gasteiger partial charge in [-0.3, -0.25) is 0 Å². The highest BCUT2D eigenvalue weighted by Gasteiger charge is 2.91. The molecule has 1 rings (SSSR count). The highest BCUT2D eigenvalue weighted by Crippen LogP contribution is 2.60. The number of hydrogen-bond acceptors (Lipinski definition) is 1. The normalized spacial score (nSPS) is 14.8. The zero-order chi connectivity index (χ0) is 25.2. The first-order valence-electron chi connectivity index (χ1n) is 6.65. The lowest BCUT2D eigenvalue weighted by atomic mass is 9.96. The molecule has 0 bridgehead atoms. The fraction of sp³-hybridized carbons (Fsp3) is 0.500. The summed E-state index contributed by atoms with van der Waals surface area (Å²) in [5.41, 5.74) is -3.22. The molecule has 180 valence electrons. The van der Waals surface area contributed by atoms with Crippen LogP contribution in [0, 0.1) is 29.1 Å². The van der Waals surface area contributed by atoms with E-state index in [0.29, 0.717) is 0 Å². The fourth-order valence-corrected chi connectivity index (χ4v) is 1.72. The maximum absolute atomic E-state index is 13.4. The minimum absolute atomic E-state index is 0.747. The third-order valence-electron chi connectivity index (χ3n) is 3.43. The quantitative estimate of drug-likeness (QED) is 0.204. The van der Waals surface area contributed by atoms with Crippen LogP contribution in [0.2, 0.25) is 0 Å². The summed E-state index contributed by atoms with van der Waals surface area (Å²) in [6.07, 6.45) is -7.69. The number of rotatable bonds is 6. The molecule has 1 nitrogen and oxygen atoms in total. The van der Waals surface area contributed by atoms with Gasteiger partial charge in [0.15, 0.2) is 23.3 Å². The van der Waals surface area contributed by atoms with Crippen molar-refractivity contribution in [2.45, 2.75) is 35.9 Å². The molecule has 0 spiro atoms. The predicted molar refractivity (Wildman–Crippen MR) is 60.6 cm³/mol. The van der Waals surface area contributed by atoms with Gasteiger partial charge >= 0.3 is 35.9 Å². The van der Waals surface area contributed by atoms with Gasteiger partial charge in [0.2, 0.25) is 5.82 Å². The first-order valence-corrected chi connectivity index (χ1v) is 6.65. The maximum atomic E-state index is 13.4. The lowest BCUT2D eigenvalue weighted by Gasteiger charge is -2.39. The minimum Gasteiger partial charge on any atom is -0.317 e. The predicted octanol–water partition coefficient (Wildman–Crippen LogP) is 6.49. The Hall–Kier alpha value is -2.24. The summed E-state index contributed by atoms with van der Waals surface area (Å²) in [5, 5.41) is -0.747. The molecular formula is C12HF18N. The van der Waals surface area contributed by atoms with Crippen LogP contribution in [-0.4, -0.2) is 35.9 Å². The third kappa shape index (κ3) is 3.58. The largest absolute Gasteiger partial charge is 0.460 e. The molecule has 0 unspecified atom stereocenters. The molecule has 0 saturated heterocycles. The van der Waals surface area contributed by atoms with Crippen molar-refractivity contribution >= 4 is 5.69 Å². The first kappa shape index (κ1) is 26.8. The molecule has 0 heterocycles. The Kier molecular flexibility index (Phi) is 6.17. The van der Waals surface area contributed by atoms with Gasteiger partial charge in [0.25, 0.3) is 0 Å². The van der Waals surface area contributed by atoms with Gasteiger partial charge in [0.1, 0.15) is 5.69 Å². The van der Waals surface area contributed by atoms with Gasteiger partial charge in [0, 0.05) is 0 Å². The first-order chi connectivity index (χ1) is 13.4. The third-order valence-corrected chi connectivity index (χ3v) is 3.43. The molecule has 1 N–H and O–H groups in total. The smallest absolute Gasteiger partial charge is 0.317 e. The van der Waals surface area contributed by atoms with Crippen LogP contribution in [-0.2, 0) is 0 Å². The monoisotopic (exact) mass is 501 g/mol. The number of hydrogen-bond donors (Lipinski definition) is 1. The number of anilines is 1. The lowest BCUT2D eigenvalue weighted by Crippen LogP contribution is -2.71. The molecule has 0 atom stereocenters. The molecule has 1 aromatic carbocycles. The van der Waals surface area contributed by atoms with E-state index >= 15 is 0 Å². The Bertz CT molecular complexity index is 823. The van der Waals surface area contributed by atoms with Crippen LogP contribution in [0.15, 0.2) is 0 Å². The van der Waals surface area contributed by atoms with Gasteiger partial charge in [-0.2, -0.15) is 57.1 Å². The van der Waals surface area contributed by atoms with Gasteiger partial charge in [0.05, 0.1) is 0 Å². The average molecular weight is 501 g/mol. The summed E-state index contributed by atoms with van der Waals surface area (Å²) in [4.78, 5) is 0. The lowest BCUT2D eigenvalue weighted by molar-refractivity contribution is -0.437. The van der Waals surface area contributed by atoms with Crippen LogP contribution in [0.1, 0.15) is 0 Å².